The lowest BCUT2D eigenvalue weighted by atomic mass is 9.72. The highest BCUT2D eigenvalue weighted by molar-refractivity contribution is 5.94. The van der Waals surface area contributed by atoms with Gasteiger partial charge in [-0.2, -0.15) is 5.26 Å². The van der Waals surface area contributed by atoms with Crippen LogP contribution in [0.25, 0.3) is 0 Å². The van der Waals surface area contributed by atoms with Gasteiger partial charge in [0.05, 0.1) is 11.6 Å². The van der Waals surface area contributed by atoms with Crippen LogP contribution in [0, 0.1) is 23.2 Å². The fraction of sp³-hybridized carbons (Fsp3) is 0.440. The Morgan fingerprint density at radius 2 is 2.07 bits per heavy atom. The van der Waals surface area contributed by atoms with Crippen molar-refractivity contribution in [2.45, 2.75) is 45.1 Å². The maximum Gasteiger partial charge on any atom is 0.224 e. The fourth-order valence-corrected chi connectivity index (χ4v) is 5.00. The molecule has 0 unspecified atom stereocenters. The normalized spacial score (nSPS) is 22.9. The molecule has 0 spiro atoms. The topological polar surface area (TPSA) is 79.3 Å². The number of carbonyl (C=O) groups is 1. The van der Waals surface area contributed by atoms with Crippen LogP contribution < -0.4 is 15.4 Å². The van der Waals surface area contributed by atoms with Crippen molar-refractivity contribution in [3.05, 3.63) is 59.2 Å². The molecule has 0 bridgehead atoms. The highest BCUT2D eigenvalue weighted by Crippen LogP contribution is 2.51. The summed E-state index contributed by atoms with van der Waals surface area (Å²) in [6.45, 7) is 4.90. The van der Waals surface area contributed by atoms with Crippen molar-refractivity contribution < 1.29 is 9.53 Å². The summed E-state index contributed by atoms with van der Waals surface area (Å²) in [6, 6.07) is 16.4. The van der Waals surface area contributed by atoms with E-state index in [0.29, 0.717) is 30.6 Å². The van der Waals surface area contributed by atoms with Gasteiger partial charge in [0.15, 0.2) is 0 Å². The van der Waals surface area contributed by atoms with E-state index in [-0.39, 0.29) is 17.9 Å². The maximum atomic E-state index is 12.6. The van der Waals surface area contributed by atoms with Gasteiger partial charge in [-0.05, 0) is 78.5 Å². The molecule has 30 heavy (non-hydrogen) atoms. The zero-order chi connectivity index (χ0) is 21.3. The molecular formula is C25H29N3O2. The van der Waals surface area contributed by atoms with Gasteiger partial charge in [0.1, 0.15) is 12.4 Å². The SMILES string of the molecule is CC(=O)N1c2ccc(C#N)cc2[C@H](Cc2cccc(OCCN)c2)[C@@H](C)[C@@H]1C1CC1. The van der Waals surface area contributed by atoms with Crippen molar-refractivity contribution in [2.24, 2.45) is 17.6 Å². The number of fused-ring (bicyclic) bond motifs is 1. The molecule has 3 atom stereocenters. The predicted molar refractivity (Wildman–Crippen MR) is 117 cm³/mol. The summed E-state index contributed by atoms with van der Waals surface area (Å²) in [5.41, 5.74) is 9.47. The molecule has 1 heterocycles. The number of carbonyl (C=O) groups excluding carboxylic acids is 1. The Kier molecular flexibility index (Phi) is 5.78. The fourth-order valence-electron chi connectivity index (χ4n) is 5.00. The summed E-state index contributed by atoms with van der Waals surface area (Å²) in [7, 11) is 0. The molecule has 1 aliphatic carbocycles. The molecular weight excluding hydrogens is 374 g/mol. The minimum atomic E-state index is 0.0836. The number of hydrogen-bond donors (Lipinski definition) is 1. The number of amides is 1. The number of nitrogens with zero attached hydrogens (tertiary/aromatic N) is 2. The summed E-state index contributed by atoms with van der Waals surface area (Å²) < 4.78 is 5.71. The van der Waals surface area contributed by atoms with Crippen LogP contribution in [-0.4, -0.2) is 25.1 Å². The largest absolute Gasteiger partial charge is 0.492 e. The molecule has 4 rings (SSSR count). The lowest BCUT2D eigenvalue weighted by Crippen LogP contribution is -2.50. The molecule has 2 aliphatic rings. The molecule has 2 aromatic rings. The minimum Gasteiger partial charge on any atom is -0.492 e. The second-order valence-corrected chi connectivity index (χ2v) is 8.56. The summed E-state index contributed by atoms with van der Waals surface area (Å²) in [5.74, 6) is 2.02. The molecule has 5 heteroatoms. The van der Waals surface area contributed by atoms with Gasteiger partial charge in [-0.25, -0.2) is 0 Å². The van der Waals surface area contributed by atoms with Gasteiger partial charge in [-0.3, -0.25) is 4.79 Å². The third kappa shape index (κ3) is 3.93. The monoisotopic (exact) mass is 403 g/mol. The molecule has 156 valence electrons. The van der Waals surface area contributed by atoms with Gasteiger partial charge in [0.25, 0.3) is 0 Å². The Bertz CT molecular complexity index is 977. The Hall–Kier alpha value is -2.84. The average Bonchev–Trinajstić information content (AvgIpc) is 3.58. The number of nitriles is 1. The smallest absolute Gasteiger partial charge is 0.224 e. The first kappa shape index (κ1) is 20.4. The Morgan fingerprint density at radius 1 is 1.27 bits per heavy atom. The molecule has 1 amide bonds. The van der Waals surface area contributed by atoms with Crippen molar-refractivity contribution in [1.29, 1.82) is 5.26 Å². The van der Waals surface area contributed by atoms with Gasteiger partial charge in [-0.15, -0.1) is 0 Å². The zero-order valence-corrected chi connectivity index (χ0v) is 17.7. The number of hydrogen-bond acceptors (Lipinski definition) is 4. The quantitative estimate of drug-likeness (QED) is 0.790. The van der Waals surface area contributed by atoms with Gasteiger partial charge in [0, 0.05) is 25.2 Å². The van der Waals surface area contributed by atoms with Crippen LogP contribution >= 0.6 is 0 Å². The summed E-state index contributed by atoms with van der Waals surface area (Å²) in [4.78, 5) is 14.6. The van der Waals surface area contributed by atoms with Crippen LogP contribution in [0.3, 0.4) is 0 Å². The maximum absolute atomic E-state index is 12.6. The zero-order valence-electron chi connectivity index (χ0n) is 17.7. The molecule has 0 radical (unpaired) electrons. The minimum absolute atomic E-state index is 0.0836. The molecule has 2 aromatic carbocycles. The van der Waals surface area contributed by atoms with Gasteiger partial charge in [-0.1, -0.05) is 19.1 Å². The Balaban J connectivity index is 1.74. The summed E-state index contributed by atoms with van der Waals surface area (Å²) >= 11 is 0. The molecule has 5 nitrogen and oxygen atoms in total. The van der Waals surface area contributed by atoms with E-state index in [4.69, 9.17) is 10.5 Å². The highest BCUT2D eigenvalue weighted by atomic mass is 16.5. The van der Waals surface area contributed by atoms with Crippen LogP contribution in [0.1, 0.15) is 49.3 Å². The van der Waals surface area contributed by atoms with Crippen molar-refractivity contribution in [1.82, 2.24) is 0 Å². The van der Waals surface area contributed by atoms with Gasteiger partial charge >= 0.3 is 0 Å². The first-order valence-electron chi connectivity index (χ1n) is 10.8. The molecule has 1 aliphatic heterocycles. The van der Waals surface area contributed by atoms with E-state index in [1.54, 1.807) is 6.92 Å². The second-order valence-electron chi connectivity index (χ2n) is 8.56. The molecule has 0 saturated heterocycles. The second kappa shape index (κ2) is 8.49. The summed E-state index contributed by atoms with van der Waals surface area (Å²) in [5, 5.41) is 9.47. The number of rotatable bonds is 6. The lowest BCUT2D eigenvalue weighted by molar-refractivity contribution is -0.117. The van der Waals surface area contributed by atoms with Gasteiger partial charge < -0.3 is 15.4 Å². The predicted octanol–water partition coefficient (Wildman–Crippen LogP) is 4.00. The highest BCUT2D eigenvalue weighted by Gasteiger charge is 2.47. The van der Waals surface area contributed by atoms with Crippen LogP contribution in [-0.2, 0) is 11.2 Å². The average molecular weight is 404 g/mol. The van der Waals surface area contributed by atoms with Crippen molar-refractivity contribution in [3.63, 3.8) is 0 Å². The van der Waals surface area contributed by atoms with E-state index in [9.17, 15) is 10.1 Å². The van der Waals surface area contributed by atoms with E-state index in [2.05, 4.69) is 25.1 Å². The van der Waals surface area contributed by atoms with E-state index >= 15 is 0 Å². The van der Waals surface area contributed by atoms with E-state index in [1.165, 1.54) is 18.4 Å². The van der Waals surface area contributed by atoms with Crippen LogP contribution in [0.15, 0.2) is 42.5 Å². The number of anilines is 1. The third-order valence-corrected chi connectivity index (χ3v) is 6.47. The Morgan fingerprint density at radius 3 is 2.73 bits per heavy atom. The van der Waals surface area contributed by atoms with Crippen molar-refractivity contribution in [2.75, 3.05) is 18.1 Å². The molecule has 1 saturated carbocycles. The van der Waals surface area contributed by atoms with E-state index in [0.717, 1.165) is 23.4 Å². The first-order valence-corrected chi connectivity index (χ1v) is 10.8. The number of nitrogens with two attached hydrogens (primary N) is 1. The van der Waals surface area contributed by atoms with Crippen molar-refractivity contribution in [3.8, 4) is 11.8 Å². The Labute approximate surface area is 178 Å². The van der Waals surface area contributed by atoms with Crippen LogP contribution in [0.2, 0.25) is 0 Å². The van der Waals surface area contributed by atoms with Crippen LogP contribution in [0.5, 0.6) is 5.75 Å². The van der Waals surface area contributed by atoms with Gasteiger partial charge in [0.2, 0.25) is 5.91 Å². The van der Waals surface area contributed by atoms with E-state index < -0.39 is 0 Å². The molecule has 2 N–H and O–H groups in total. The standard InChI is InChI=1S/C25H29N3O2/c1-16-22(13-18-4-3-5-21(12-18)30-11-10-26)23-14-19(15-27)6-9-24(23)28(17(2)29)25(16)20-7-8-20/h3-6,9,12,14,16,20,22,25H,7-8,10-11,13,26H2,1-2H3/t16-,22-,25-/m1/s1. The third-order valence-electron chi connectivity index (χ3n) is 6.47. The van der Waals surface area contributed by atoms with Crippen molar-refractivity contribution >= 4 is 11.6 Å². The van der Waals surface area contributed by atoms with Crippen LogP contribution in [0.4, 0.5) is 5.69 Å². The lowest BCUT2D eigenvalue weighted by Gasteiger charge is -2.45. The molecule has 0 aromatic heterocycles. The number of ether oxygens (including phenoxy) is 1. The number of benzene rings is 2. The molecule has 1 fully saturated rings. The summed E-state index contributed by atoms with van der Waals surface area (Å²) in [6.07, 6.45) is 3.21. The van der Waals surface area contributed by atoms with E-state index in [1.807, 2.05) is 35.2 Å². The first-order chi connectivity index (χ1) is 14.5.